The second-order valence-electron chi connectivity index (χ2n) is 2.79. The van der Waals surface area contributed by atoms with Crippen LogP contribution in [0.1, 0.15) is 27.2 Å². The van der Waals surface area contributed by atoms with E-state index in [0.717, 1.165) is 6.42 Å². The molecule has 0 fully saturated rings. The number of carbonyl (C=O) groups excluding carboxylic acids is 1. The van der Waals surface area contributed by atoms with E-state index in [-0.39, 0.29) is 10.7 Å². The Bertz CT molecular complexity index is 202. The second-order valence-corrected chi connectivity index (χ2v) is 3.89. The van der Waals surface area contributed by atoms with E-state index >= 15 is 0 Å². The molecule has 68 valence electrons. The fourth-order valence-corrected chi connectivity index (χ4v) is 0.620. The third-order valence-corrected chi connectivity index (χ3v) is 2.25. The smallest absolute Gasteiger partial charge is 0.245 e. The Labute approximate surface area is 82.2 Å². The van der Waals surface area contributed by atoms with Crippen molar-refractivity contribution < 1.29 is 4.79 Å². The van der Waals surface area contributed by atoms with Crippen molar-refractivity contribution >= 4 is 21.8 Å². The van der Waals surface area contributed by atoms with Gasteiger partial charge in [0.15, 0.2) is 0 Å². The molecule has 0 radical (unpaired) electrons. The minimum atomic E-state index is -0.126. The number of amides is 1. The van der Waals surface area contributed by atoms with Crippen LogP contribution in [0, 0.1) is 17.9 Å². The molecule has 3 heteroatoms. The predicted molar refractivity (Wildman–Crippen MR) is 53.8 cm³/mol. The summed E-state index contributed by atoms with van der Waals surface area (Å²) in [7, 11) is 0. The molecule has 0 aromatic heterocycles. The maximum absolute atomic E-state index is 11.1. The van der Waals surface area contributed by atoms with Gasteiger partial charge in [-0.05, 0) is 6.42 Å². The van der Waals surface area contributed by atoms with Crippen LogP contribution < -0.4 is 5.32 Å². The van der Waals surface area contributed by atoms with Gasteiger partial charge in [-0.25, -0.2) is 0 Å². The summed E-state index contributed by atoms with van der Waals surface area (Å²) < 4.78 is 0. The van der Waals surface area contributed by atoms with Crippen LogP contribution in [0.4, 0.5) is 0 Å². The van der Waals surface area contributed by atoms with E-state index in [1.807, 2.05) is 20.8 Å². The van der Waals surface area contributed by atoms with Gasteiger partial charge < -0.3 is 0 Å². The summed E-state index contributed by atoms with van der Waals surface area (Å²) in [5.41, 5.74) is 0. The van der Waals surface area contributed by atoms with Gasteiger partial charge in [0.25, 0.3) is 0 Å². The minimum Gasteiger partial charge on any atom is -0.284 e. The minimum absolute atomic E-state index is 0.0642. The third kappa shape index (κ3) is 5.20. The lowest BCUT2D eigenvalue weighted by molar-refractivity contribution is -0.119. The summed E-state index contributed by atoms with van der Waals surface area (Å²) in [5, 5.41) is 2.52. The van der Waals surface area contributed by atoms with Gasteiger partial charge in [-0.15, -0.1) is 0 Å². The Morgan fingerprint density at radius 1 is 1.58 bits per heavy atom. The van der Waals surface area contributed by atoms with Crippen LogP contribution in [0.15, 0.2) is 0 Å². The Balaban J connectivity index is 3.81. The van der Waals surface area contributed by atoms with Gasteiger partial charge in [0.05, 0.1) is 4.83 Å². The first-order valence-corrected chi connectivity index (χ1v) is 4.94. The molecule has 0 aliphatic carbocycles. The third-order valence-electron chi connectivity index (χ3n) is 1.19. The van der Waals surface area contributed by atoms with Crippen LogP contribution in [0.2, 0.25) is 0 Å². The number of carbonyl (C=O) groups is 1. The van der Waals surface area contributed by atoms with Crippen LogP contribution in [0.25, 0.3) is 0 Å². The van der Waals surface area contributed by atoms with Crippen LogP contribution in [-0.4, -0.2) is 10.7 Å². The van der Waals surface area contributed by atoms with Crippen molar-refractivity contribution in [3.8, 4) is 12.0 Å². The standard InChI is InChI=1S/C9H14BrNO/c1-4-8(10)9(12)11-6-5-7(2)3/h7-8H,4H2,1-3H3,(H,11,12). The molecule has 0 aliphatic heterocycles. The summed E-state index contributed by atoms with van der Waals surface area (Å²) in [6, 6.07) is 2.62. The molecule has 12 heavy (non-hydrogen) atoms. The van der Waals surface area contributed by atoms with Gasteiger partial charge in [-0.3, -0.25) is 10.1 Å². The molecule has 0 saturated carbocycles. The molecule has 0 heterocycles. The maximum atomic E-state index is 11.1. The number of hydrogen-bond acceptors (Lipinski definition) is 1. The lowest BCUT2D eigenvalue weighted by Crippen LogP contribution is -2.26. The van der Waals surface area contributed by atoms with Crippen molar-refractivity contribution in [3.63, 3.8) is 0 Å². The molecule has 0 aliphatic rings. The number of hydrogen-bond donors (Lipinski definition) is 1. The number of rotatable bonds is 2. The Morgan fingerprint density at radius 3 is 2.58 bits per heavy atom. The molecule has 0 aromatic rings. The van der Waals surface area contributed by atoms with E-state index in [9.17, 15) is 4.79 Å². The van der Waals surface area contributed by atoms with Gasteiger partial charge in [0.2, 0.25) is 5.91 Å². The molecular weight excluding hydrogens is 218 g/mol. The Morgan fingerprint density at radius 2 is 2.17 bits per heavy atom. The summed E-state index contributed by atoms with van der Waals surface area (Å²) in [5.74, 6) is 3.08. The summed E-state index contributed by atoms with van der Waals surface area (Å²) in [6.07, 6.45) is 0.773. The van der Waals surface area contributed by atoms with E-state index in [1.165, 1.54) is 0 Å². The number of alkyl halides is 1. The van der Waals surface area contributed by atoms with Crippen LogP contribution >= 0.6 is 15.9 Å². The fourth-order valence-electron chi connectivity index (χ4n) is 0.506. The predicted octanol–water partition coefficient (Wildman–Crippen LogP) is 1.89. The summed E-state index contributed by atoms with van der Waals surface area (Å²) >= 11 is 3.23. The molecular formula is C9H14BrNO. The molecule has 0 aromatic carbocycles. The summed E-state index contributed by atoms with van der Waals surface area (Å²) in [4.78, 5) is 11.0. The zero-order valence-electron chi connectivity index (χ0n) is 7.65. The van der Waals surface area contributed by atoms with Crippen molar-refractivity contribution in [1.29, 1.82) is 0 Å². The van der Waals surface area contributed by atoms with Crippen LogP contribution in [0.5, 0.6) is 0 Å². The first-order valence-electron chi connectivity index (χ1n) is 4.02. The van der Waals surface area contributed by atoms with E-state index < -0.39 is 0 Å². The van der Waals surface area contributed by atoms with E-state index in [1.54, 1.807) is 0 Å². The van der Waals surface area contributed by atoms with Gasteiger partial charge in [-0.1, -0.05) is 42.6 Å². The quantitative estimate of drug-likeness (QED) is 0.439. The van der Waals surface area contributed by atoms with Crippen molar-refractivity contribution in [1.82, 2.24) is 5.32 Å². The molecule has 0 spiro atoms. The first kappa shape index (κ1) is 11.5. The zero-order valence-corrected chi connectivity index (χ0v) is 9.23. The fraction of sp³-hybridized carbons (Fsp3) is 0.667. The summed E-state index contributed by atoms with van der Waals surface area (Å²) in [6.45, 7) is 5.89. The topological polar surface area (TPSA) is 29.1 Å². The second kappa shape index (κ2) is 6.07. The molecule has 1 N–H and O–H groups in total. The van der Waals surface area contributed by atoms with Gasteiger partial charge in [0, 0.05) is 12.0 Å². The lowest BCUT2D eigenvalue weighted by Gasteiger charge is -2.02. The largest absolute Gasteiger partial charge is 0.284 e. The van der Waals surface area contributed by atoms with E-state index in [4.69, 9.17) is 0 Å². The highest BCUT2D eigenvalue weighted by Crippen LogP contribution is 2.02. The highest BCUT2D eigenvalue weighted by Gasteiger charge is 2.09. The van der Waals surface area contributed by atoms with Gasteiger partial charge in [0.1, 0.15) is 0 Å². The van der Waals surface area contributed by atoms with Crippen LogP contribution in [-0.2, 0) is 4.79 Å². The molecule has 1 amide bonds. The number of nitrogens with one attached hydrogen (secondary N) is 1. The molecule has 0 bridgehead atoms. The highest BCUT2D eigenvalue weighted by atomic mass is 79.9. The maximum Gasteiger partial charge on any atom is 0.245 e. The van der Waals surface area contributed by atoms with Gasteiger partial charge >= 0.3 is 0 Å². The van der Waals surface area contributed by atoms with Crippen molar-refractivity contribution in [2.45, 2.75) is 32.0 Å². The Hall–Kier alpha value is -0.490. The molecule has 2 nitrogen and oxygen atoms in total. The lowest BCUT2D eigenvalue weighted by atomic mass is 10.2. The van der Waals surface area contributed by atoms with Crippen molar-refractivity contribution in [2.24, 2.45) is 5.92 Å². The Kier molecular flexibility index (Phi) is 5.83. The SMILES string of the molecule is CCC(Br)C(=O)NC#CC(C)C. The molecule has 1 atom stereocenters. The average Bonchev–Trinajstić information content (AvgIpc) is 2.02. The average molecular weight is 232 g/mol. The molecule has 0 rings (SSSR count). The van der Waals surface area contributed by atoms with Crippen molar-refractivity contribution in [3.05, 3.63) is 0 Å². The monoisotopic (exact) mass is 231 g/mol. The molecule has 1 unspecified atom stereocenters. The van der Waals surface area contributed by atoms with Crippen molar-refractivity contribution in [2.75, 3.05) is 0 Å². The highest BCUT2D eigenvalue weighted by molar-refractivity contribution is 9.10. The number of halogens is 1. The molecule has 0 saturated heterocycles. The normalized spacial score (nSPS) is 11.8. The van der Waals surface area contributed by atoms with E-state index in [0.29, 0.717) is 5.92 Å². The van der Waals surface area contributed by atoms with Gasteiger partial charge in [-0.2, -0.15) is 0 Å². The first-order chi connectivity index (χ1) is 5.57. The zero-order chi connectivity index (χ0) is 9.56. The van der Waals surface area contributed by atoms with E-state index in [2.05, 4.69) is 33.2 Å². The van der Waals surface area contributed by atoms with Crippen LogP contribution in [0.3, 0.4) is 0 Å².